The Balaban J connectivity index is 1.65. The molecule has 3 heterocycles. The zero-order valence-corrected chi connectivity index (χ0v) is 15.1. The third-order valence-electron chi connectivity index (χ3n) is 4.12. The van der Waals surface area contributed by atoms with Crippen molar-refractivity contribution in [3.63, 3.8) is 0 Å². The van der Waals surface area contributed by atoms with Crippen molar-refractivity contribution >= 4 is 44.2 Å². The molecule has 1 aliphatic heterocycles. The second-order valence-corrected chi connectivity index (χ2v) is 8.09. The van der Waals surface area contributed by atoms with Crippen LogP contribution in [0.2, 0.25) is 5.02 Å². The first-order valence-corrected chi connectivity index (χ1v) is 9.83. The molecule has 4 rings (SSSR count). The van der Waals surface area contributed by atoms with Crippen LogP contribution in [-0.4, -0.2) is 30.0 Å². The molecule has 0 spiro atoms. The number of sulfonamides is 1. The number of nitrogen functional groups attached to an aromatic ring is 1. The molecule has 26 heavy (non-hydrogen) atoms. The summed E-state index contributed by atoms with van der Waals surface area (Å²) in [5.74, 6) is 0.631. The number of aromatic amines is 1. The minimum atomic E-state index is -3.92. The number of pyridine rings is 1. The maximum Gasteiger partial charge on any atom is 0.265 e. The molecule has 0 bridgehead atoms. The van der Waals surface area contributed by atoms with Gasteiger partial charge in [-0.15, -0.1) is 0 Å². The Bertz CT molecular complexity index is 1080. The number of nitrogens with zero attached hydrogens (tertiary/aromatic N) is 2. The van der Waals surface area contributed by atoms with E-state index in [2.05, 4.69) is 19.7 Å². The number of halogens is 1. The lowest BCUT2D eigenvalue weighted by Gasteiger charge is -2.09. The normalized spacial score (nSPS) is 17.7. The van der Waals surface area contributed by atoms with E-state index in [0.29, 0.717) is 11.2 Å². The van der Waals surface area contributed by atoms with Gasteiger partial charge in [0.1, 0.15) is 22.6 Å². The Morgan fingerprint density at radius 1 is 1.35 bits per heavy atom. The SMILES string of the molecule is Nc1ncc(Cl)cc1S(=O)(=O)Nc1ccc2nc(C3CCCO3)[nH]c2c1. The van der Waals surface area contributed by atoms with Crippen molar-refractivity contribution in [3.8, 4) is 0 Å². The molecule has 4 N–H and O–H groups in total. The first-order chi connectivity index (χ1) is 12.4. The first-order valence-electron chi connectivity index (χ1n) is 7.97. The highest BCUT2D eigenvalue weighted by Gasteiger charge is 2.22. The van der Waals surface area contributed by atoms with Crippen LogP contribution in [0.5, 0.6) is 0 Å². The van der Waals surface area contributed by atoms with E-state index in [0.717, 1.165) is 30.8 Å². The second kappa shape index (κ2) is 6.42. The van der Waals surface area contributed by atoms with E-state index in [1.807, 2.05) is 0 Å². The fraction of sp³-hybridized carbons (Fsp3) is 0.250. The molecule has 1 aromatic carbocycles. The lowest BCUT2D eigenvalue weighted by atomic mass is 10.2. The van der Waals surface area contributed by atoms with Crippen molar-refractivity contribution in [2.45, 2.75) is 23.8 Å². The van der Waals surface area contributed by atoms with Gasteiger partial charge in [0.2, 0.25) is 0 Å². The van der Waals surface area contributed by atoms with Crippen molar-refractivity contribution in [3.05, 3.63) is 41.3 Å². The topological polar surface area (TPSA) is 123 Å². The molecule has 3 aromatic rings. The number of hydrogen-bond acceptors (Lipinski definition) is 6. The summed E-state index contributed by atoms with van der Waals surface area (Å²) in [5, 5.41) is 0.185. The second-order valence-electron chi connectivity index (χ2n) is 6.00. The number of nitrogens with two attached hydrogens (primary N) is 1. The monoisotopic (exact) mass is 393 g/mol. The van der Waals surface area contributed by atoms with Gasteiger partial charge in [0.15, 0.2) is 0 Å². The van der Waals surface area contributed by atoms with Gasteiger partial charge in [0.05, 0.1) is 21.7 Å². The van der Waals surface area contributed by atoms with Crippen LogP contribution < -0.4 is 10.5 Å². The van der Waals surface area contributed by atoms with Gasteiger partial charge in [0, 0.05) is 12.8 Å². The Kier molecular flexibility index (Phi) is 4.22. The van der Waals surface area contributed by atoms with E-state index in [9.17, 15) is 8.42 Å². The van der Waals surface area contributed by atoms with Crippen molar-refractivity contribution in [2.24, 2.45) is 0 Å². The highest BCUT2D eigenvalue weighted by atomic mass is 35.5. The number of H-pyrrole nitrogens is 1. The Morgan fingerprint density at radius 3 is 2.96 bits per heavy atom. The number of anilines is 2. The molecule has 0 amide bonds. The summed E-state index contributed by atoms with van der Waals surface area (Å²) in [6.07, 6.45) is 3.17. The number of ether oxygens (including phenoxy) is 1. The van der Waals surface area contributed by atoms with Gasteiger partial charge in [-0.1, -0.05) is 11.6 Å². The smallest absolute Gasteiger partial charge is 0.265 e. The lowest BCUT2D eigenvalue weighted by Crippen LogP contribution is -2.15. The van der Waals surface area contributed by atoms with Gasteiger partial charge < -0.3 is 15.5 Å². The minimum Gasteiger partial charge on any atom is -0.383 e. The highest BCUT2D eigenvalue weighted by molar-refractivity contribution is 7.92. The van der Waals surface area contributed by atoms with Gasteiger partial charge in [-0.25, -0.2) is 18.4 Å². The van der Waals surface area contributed by atoms with Gasteiger partial charge in [-0.3, -0.25) is 4.72 Å². The van der Waals surface area contributed by atoms with Gasteiger partial charge in [-0.2, -0.15) is 0 Å². The molecule has 0 saturated carbocycles. The number of rotatable bonds is 4. The van der Waals surface area contributed by atoms with Crippen LogP contribution >= 0.6 is 11.6 Å². The van der Waals surface area contributed by atoms with Crippen LogP contribution in [0.15, 0.2) is 35.4 Å². The molecule has 1 saturated heterocycles. The predicted octanol–water partition coefficient (Wildman–Crippen LogP) is 2.85. The van der Waals surface area contributed by atoms with Crippen LogP contribution in [0.1, 0.15) is 24.8 Å². The maximum absolute atomic E-state index is 12.6. The molecule has 1 fully saturated rings. The minimum absolute atomic E-state index is 0.0418. The summed E-state index contributed by atoms with van der Waals surface area (Å²) in [4.78, 5) is 11.3. The summed E-state index contributed by atoms with van der Waals surface area (Å²) in [5.41, 5.74) is 7.50. The average Bonchev–Trinajstić information content (AvgIpc) is 3.25. The summed E-state index contributed by atoms with van der Waals surface area (Å²) in [7, 11) is -3.92. The molecule has 10 heteroatoms. The van der Waals surface area contributed by atoms with Gasteiger partial charge in [-0.05, 0) is 37.1 Å². The Labute approximate surface area is 154 Å². The van der Waals surface area contributed by atoms with E-state index in [1.165, 1.54) is 12.3 Å². The quantitative estimate of drug-likeness (QED) is 0.626. The van der Waals surface area contributed by atoms with Crippen LogP contribution in [0.4, 0.5) is 11.5 Å². The number of hydrogen-bond donors (Lipinski definition) is 3. The summed E-state index contributed by atoms with van der Waals surface area (Å²) < 4.78 is 33.3. The molecular formula is C16H16ClN5O3S. The average molecular weight is 394 g/mol. The zero-order valence-electron chi connectivity index (χ0n) is 13.6. The molecule has 1 aliphatic rings. The highest BCUT2D eigenvalue weighted by Crippen LogP contribution is 2.29. The number of nitrogens with one attached hydrogen (secondary N) is 2. The predicted molar refractivity (Wildman–Crippen MR) is 98.5 cm³/mol. The molecule has 1 unspecified atom stereocenters. The molecule has 8 nitrogen and oxygen atoms in total. The Morgan fingerprint density at radius 2 is 2.19 bits per heavy atom. The van der Waals surface area contributed by atoms with Crippen molar-refractivity contribution < 1.29 is 13.2 Å². The van der Waals surface area contributed by atoms with Crippen LogP contribution in [-0.2, 0) is 14.8 Å². The fourth-order valence-electron chi connectivity index (χ4n) is 2.90. The summed E-state index contributed by atoms with van der Waals surface area (Å²) in [6.45, 7) is 0.724. The maximum atomic E-state index is 12.6. The summed E-state index contributed by atoms with van der Waals surface area (Å²) in [6, 6.07) is 6.30. The van der Waals surface area contributed by atoms with Crippen molar-refractivity contribution in [1.82, 2.24) is 15.0 Å². The fourth-order valence-corrected chi connectivity index (χ4v) is 4.28. The third kappa shape index (κ3) is 3.20. The first kappa shape index (κ1) is 17.1. The lowest BCUT2D eigenvalue weighted by molar-refractivity contribution is 0.106. The Hall–Kier alpha value is -2.36. The molecule has 2 aromatic heterocycles. The number of aromatic nitrogens is 3. The number of imidazole rings is 1. The van der Waals surface area contributed by atoms with Crippen molar-refractivity contribution in [1.29, 1.82) is 0 Å². The van der Waals surface area contributed by atoms with E-state index < -0.39 is 10.0 Å². The number of fused-ring (bicyclic) bond motifs is 1. The largest absolute Gasteiger partial charge is 0.383 e. The summed E-state index contributed by atoms with van der Waals surface area (Å²) >= 11 is 5.83. The van der Waals surface area contributed by atoms with E-state index >= 15 is 0 Å². The standard InChI is InChI=1S/C16H16ClN5O3S/c17-9-6-14(15(18)19-8-9)26(23,24)22-10-3-4-11-12(7-10)21-16(20-11)13-2-1-5-25-13/h3-4,6-8,13,22H,1-2,5H2,(H2,18,19)(H,20,21). The molecule has 136 valence electrons. The molecular weight excluding hydrogens is 378 g/mol. The van der Waals surface area contributed by atoms with Crippen LogP contribution in [0.3, 0.4) is 0 Å². The number of benzene rings is 1. The molecule has 0 radical (unpaired) electrons. The van der Waals surface area contributed by atoms with Gasteiger partial charge in [0.25, 0.3) is 10.0 Å². The van der Waals surface area contributed by atoms with Crippen LogP contribution in [0, 0.1) is 0 Å². The van der Waals surface area contributed by atoms with Crippen LogP contribution in [0.25, 0.3) is 11.0 Å². The van der Waals surface area contributed by atoms with E-state index in [4.69, 9.17) is 22.1 Å². The molecule has 1 atom stereocenters. The third-order valence-corrected chi connectivity index (χ3v) is 5.74. The zero-order chi connectivity index (χ0) is 18.3. The molecule has 0 aliphatic carbocycles. The van der Waals surface area contributed by atoms with Crippen molar-refractivity contribution in [2.75, 3.05) is 17.1 Å². The van der Waals surface area contributed by atoms with Gasteiger partial charge >= 0.3 is 0 Å². The van der Waals surface area contributed by atoms with E-state index in [1.54, 1.807) is 18.2 Å². The van der Waals surface area contributed by atoms with E-state index in [-0.39, 0.29) is 21.8 Å².